The van der Waals surface area contributed by atoms with Gasteiger partial charge in [-0.25, -0.2) is 0 Å². The van der Waals surface area contributed by atoms with Crippen LogP contribution < -0.4 is 27.4 Å². The summed E-state index contributed by atoms with van der Waals surface area (Å²) in [5.41, 5.74) is 10.5. The molecule has 0 aromatic rings. The summed E-state index contributed by atoms with van der Waals surface area (Å²) in [5, 5.41) is 280. The number of carbonyl (C=O) groups is 3. The number of ether oxygens (including phenoxy) is 7. The number of aliphatic hydroxyl groups excluding tert-OH is 30. The molecule has 37 N–H and O–H groups in total. The second-order valence-corrected chi connectivity index (χ2v) is 21.4. The molecular weight excluding hydrogens is 1500 g/mol. The lowest BCUT2D eigenvalue weighted by Gasteiger charge is -2.40. The Morgan fingerprint density at radius 3 is 0.505 bits per heavy atom. The fourth-order valence-electron chi connectivity index (χ4n) is 8.86. The molecule has 35 atom stereocenters. The van der Waals surface area contributed by atoms with Crippen LogP contribution >= 0.6 is 0 Å². The Labute approximate surface area is 659 Å². The standard InChI is InChI=1S/3C8H15NO6.2C6H13NO5.2C6H12O6.18CH4/c3*1-3(11)9-5-7(13)6(12)4(2-10)15-8(5)14;2*7-3-5(10)4(9)2(1-8)12-6(3)11;2*7-1-2-3(8)4(9)5(10)6(11)12-2;;;;;;;;;;;;;;;;;;/h3*4-8,10,12-14H,2H2,1H3,(H,9,11);2*2-6,8-11H,1,7H2;2*2-11H,1H2;18*1H4/t4?,5?,6-,7+,8+;4?,5?,6-,7+,8-;4?,5?,6-,7-,8-;2?,3?,4-,5+,6+;2?,3?,4-,5+,6-;2?,3-,4-,5?,6?;2?,3-,4-,5?,6-;;;;;;;;;;;;;;;;;;/m0010000................../s1. The van der Waals surface area contributed by atoms with Gasteiger partial charge in [-0.15, -0.1) is 0 Å². The molecule has 0 aliphatic carbocycles. The summed E-state index contributed by atoms with van der Waals surface area (Å²) in [6, 6.07) is -5.37. The van der Waals surface area contributed by atoms with Crippen molar-refractivity contribution in [3.05, 3.63) is 0 Å². The molecule has 3 amide bonds. The van der Waals surface area contributed by atoms with E-state index < -0.39 is 279 Å². The fraction of sp³-hybridized carbons (Fsp3) is 0.955. The molecule has 15 unspecified atom stereocenters. The summed E-state index contributed by atoms with van der Waals surface area (Å²) >= 11 is 0. The normalized spacial score (nSPS) is 38.0. The molecule has 0 aromatic heterocycles. The second-order valence-electron chi connectivity index (χ2n) is 21.4. The van der Waals surface area contributed by atoms with Crippen molar-refractivity contribution >= 4 is 17.7 Å². The van der Waals surface area contributed by atoms with Crippen LogP contribution in [0.25, 0.3) is 0 Å². The number of rotatable bonds is 10. The molecule has 45 nitrogen and oxygen atoms in total. The van der Waals surface area contributed by atoms with E-state index in [0.29, 0.717) is 0 Å². The van der Waals surface area contributed by atoms with Crippen LogP contribution in [0.15, 0.2) is 0 Å². The topological polar surface area (TPSA) is 811 Å². The van der Waals surface area contributed by atoms with Crippen molar-refractivity contribution in [2.45, 2.75) is 369 Å². The number of hydrogen-bond donors (Lipinski definition) is 35. The summed E-state index contributed by atoms with van der Waals surface area (Å²) in [4.78, 5) is 32.2. The molecule has 0 spiro atoms. The molecule has 0 bridgehead atoms. The molecule has 7 rings (SSSR count). The minimum absolute atomic E-state index is 0. The predicted octanol–water partition coefficient (Wildman–Crippen LogP) is -10.7. The van der Waals surface area contributed by atoms with Crippen LogP contribution in [0, 0.1) is 0 Å². The third kappa shape index (κ3) is 44.3. The molecule has 45 heteroatoms. The lowest BCUT2D eigenvalue weighted by atomic mass is 9.97. The Bertz CT molecular complexity index is 1850. The minimum atomic E-state index is -1.57. The van der Waals surface area contributed by atoms with E-state index in [4.69, 9.17) is 122 Å². The number of amides is 3. The van der Waals surface area contributed by atoms with Crippen molar-refractivity contribution in [3.8, 4) is 0 Å². The van der Waals surface area contributed by atoms with E-state index in [1.54, 1.807) is 0 Å². The van der Waals surface area contributed by atoms with Crippen molar-refractivity contribution in [1.29, 1.82) is 0 Å². The highest BCUT2D eigenvalue weighted by Gasteiger charge is 2.49. The molecule has 7 aliphatic rings. The largest absolute Gasteiger partial charge is 0.394 e. The van der Waals surface area contributed by atoms with Gasteiger partial charge in [-0.2, -0.15) is 0 Å². The monoisotopic (exact) mass is 1670 g/mol. The Hall–Kier alpha value is -3.15. The zero-order valence-electron chi connectivity index (χ0n) is 49.8. The first kappa shape index (κ1) is 153. The van der Waals surface area contributed by atoms with Gasteiger partial charge in [-0.3, -0.25) is 14.4 Å². The lowest BCUT2D eigenvalue weighted by molar-refractivity contribution is -0.286. The highest BCUT2D eigenvalue weighted by molar-refractivity contribution is 5.74. The van der Waals surface area contributed by atoms with Gasteiger partial charge in [0.15, 0.2) is 44.0 Å². The third-order valence-electron chi connectivity index (χ3n) is 14.4. The SMILES string of the molecule is C.C.C.C.C.C.C.C.C.C.C.C.C.C.C.C.C.C.CC(=O)NC1[C@@H](O)[C@@H](O)C(CO)O[C@@H]1O.CC(=O)NC1[C@H](O)OC(CO)[C@@H](O)[C@@H]1O.CC(=O)NC1[C@H](O)OC(CO)[C@H](O)[C@@H]1O.NC1[C@@H](O)[C@@H](O)C(CO)O[C@@H]1O.NC1[C@H](O)OC(CO)[C@H](O)[C@@H]1O.OCC1OC(O)C(O)[C@@H](O)[C@H]1O.OCC1O[C@H](O)C(O)[C@@H](O)[C@H]1O. The number of hydrogen-bond acceptors (Lipinski definition) is 42. The van der Waals surface area contributed by atoms with Gasteiger partial charge < -0.3 is 214 Å². The van der Waals surface area contributed by atoms with Gasteiger partial charge in [0.2, 0.25) is 17.7 Å². The molecule has 0 saturated carbocycles. The van der Waals surface area contributed by atoms with Gasteiger partial charge >= 0.3 is 0 Å². The summed E-state index contributed by atoms with van der Waals surface area (Å²) in [5.74, 6) is -1.39. The zero-order chi connectivity index (χ0) is 72.0. The van der Waals surface area contributed by atoms with E-state index in [1.165, 1.54) is 20.8 Å². The first-order chi connectivity index (χ1) is 43.2. The van der Waals surface area contributed by atoms with E-state index in [9.17, 15) is 80.8 Å². The van der Waals surface area contributed by atoms with Gasteiger partial charge in [-0.05, 0) is 0 Å². The van der Waals surface area contributed by atoms with Gasteiger partial charge in [-0.1, -0.05) is 134 Å². The lowest BCUT2D eigenvalue weighted by Crippen LogP contribution is -2.63. The van der Waals surface area contributed by atoms with Gasteiger partial charge in [0.1, 0.15) is 159 Å². The Kier molecular flexibility index (Phi) is 101. The third-order valence-corrected chi connectivity index (χ3v) is 14.4. The summed E-state index contributed by atoms with van der Waals surface area (Å²) in [6.07, 6.45) is -39.5. The van der Waals surface area contributed by atoms with Crippen LogP contribution in [-0.2, 0) is 47.5 Å². The van der Waals surface area contributed by atoms with Gasteiger partial charge in [0.25, 0.3) is 0 Å². The molecule has 111 heavy (non-hydrogen) atoms. The van der Waals surface area contributed by atoms with Crippen LogP contribution in [0.2, 0.25) is 0 Å². The predicted molar refractivity (Wildman–Crippen MR) is 412 cm³/mol. The summed E-state index contributed by atoms with van der Waals surface area (Å²) in [6.45, 7) is 0.0676. The van der Waals surface area contributed by atoms with Crippen LogP contribution in [0.1, 0.15) is 154 Å². The van der Waals surface area contributed by atoms with Crippen molar-refractivity contribution in [3.63, 3.8) is 0 Å². The van der Waals surface area contributed by atoms with E-state index in [0.717, 1.165) is 0 Å². The first-order valence-corrected chi connectivity index (χ1v) is 28.0. The van der Waals surface area contributed by atoms with Crippen LogP contribution in [0.5, 0.6) is 0 Å². The second kappa shape index (κ2) is 73.2. The van der Waals surface area contributed by atoms with E-state index in [-0.39, 0.29) is 134 Å². The van der Waals surface area contributed by atoms with Gasteiger partial charge in [0.05, 0.1) is 58.3 Å². The molecular formula is C66H167N5O40. The van der Waals surface area contributed by atoms with Crippen LogP contribution in [-0.4, -0.2) is 432 Å². The van der Waals surface area contributed by atoms with Crippen LogP contribution in [0.4, 0.5) is 0 Å². The average molecular weight is 1670 g/mol. The number of nitrogens with one attached hydrogen (secondary N) is 3. The van der Waals surface area contributed by atoms with Crippen LogP contribution in [0.3, 0.4) is 0 Å². The van der Waals surface area contributed by atoms with E-state index in [2.05, 4.69) is 25.4 Å². The Balaban J connectivity index is -0.0000000554. The molecule has 696 valence electrons. The molecule has 7 saturated heterocycles. The fourth-order valence-corrected chi connectivity index (χ4v) is 8.86. The average Bonchev–Trinajstić information content (AvgIpc) is 0.841. The van der Waals surface area contributed by atoms with Crippen molar-refractivity contribution < 1.29 is 201 Å². The van der Waals surface area contributed by atoms with Crippen molar-refractivity contribution in [2.24, 2.45) is 11.5 Å². The van der Waals surface area contributed by atoms with Crippen molar-refractivity contribution in [2.75, 3.05) is 46.2 Å². The smallest absolute Gasteiger partial charge is 0.217 e. The maximum absolute atomic E-state index is 10.7. The highest BCUT2D eigenvalue weighted by Crippen LogP contribution is 2.25. The molecule has 0 aromatic carbocycles. The van der Waals surface area contributed by atoms with Gasteiger partial charge in [0, 0.05) is 20.8 Å². The minimum Gasteiger partial charge on any atom is -0.394 e. The number of carbonyl (C=O) groups excluding carboxylic acids is 3. The zero-order valence-corrected chi connectivity index (χ0v) is 49.8. The highest BCUT2D eigenvalue weighted by atomic mass is 16.7. The molecule has 7 heterocycles. The quantitative estimate of drug-likeness (QED) is 0.0966. The first-order valence-electron chi connectivity index (χ1n) is 28.0. The number of aliphatic hydroxyl groups is 30. The van der Waals surface area contributed by atoms with E-state index >= 15 is 0 Å². The molecule has 7 fully saturated rings. The molecule has 0 radical (unpaired) electrons. The Morgan fingerprint density at radius 2 is 0.351 bits per heavy atom. The summed E-state index contributed by atoms with van der Waals surface area (Å²) in [7, 11) is 0. The Morgan fingerprint density at radius 1 is 0.216 bits per heavy atom. The maximum Gasteiger partial charge on any atom is 0.217 e. The maximum atomic E-state index is 10.7. The van der Waals surface area contributed by atoms with Crippen molar-refractivity contribution in [1.82, 2.24) is 16.0 Å². The van der Waals surface area contributed by atoms with E-state index in [1.807, 2.05) is 0 Å². The molecule has 7 aliphatic heterocycles. The number of nitrogens with two attached hydrogens (primary N) is 2. The summed E-state index contributed by atoms with van der Waals surface area (Å²) < 4.78 is 33.0.